The molecular formula is C11H17N3O2S. The summed E-state index contributed by atoms with van der Waals surface area (Å²) in [6, 6.07) is 2.45. The maximum absolute atomic E-state index is 12.4. The number of aromatic amines is 1. The zero-order valence-corrected chi connectivity index (χ0v) is 10.4. The van der Waals surface area contributed by atoms with Gasteiger partial charge in [0.25, 0.3) is 0 Å². The lowest BCUT2D eigenvalue weighted by molar-refractivity contribution is 0.383. The van der Waals surface area contributed by atoms with Crippen LogP contribution < -0.4 is 5.32 Å². The summed E-state index contributed by atoms with van der Waals surface area (Å²) in [5, 5.41) is 3.49. The number of H-pyrrole nitrogens is 1. The van der Waals surface area contributed by atoms with Crippen molar-refractivity contribution in [3.8, 4) is 0 Å². The van der Waals surface area contributed by atoms with Crippen LogP contribution in [-0.4, -0.2) is 42.9 Å². The molecule has 2 saturated heterocycles. The third kappa shape index (κ3) is 2.00. The topological polar surface area (TPSA) is 65.2 Å². The maximum Gasteiger partial charge on any atom is 0.244 e. The summed E-state index contributed by atoms with van der Waals surface area (Å²) in [4.78, 5) is 3.17. The second kappa shape index (κ2) is 4.12. The molecular weight excluding hydrogens is 238 g/mol. The van der Waals surface area contributed by atoms with Crippen LogP contribution in [-0.2, 0) is 10.0 Å². The summed E-state index contributed by atoms with van der Waals surface area (Å²) < 4.78 is 26.3. The van der Waals surface area contributed by atoms with Crippen molar-refractivity contribution in [1.29, 1.82) is 0 Å². The second-order valence-electron chi connectivity index (χ2n) is 4.84. The van der Waals surface area contributed by atoms with Gasteiger partial charge in [0, 0.05) is 37.6 Å². The number of hydrogen-bond acceptors (Lipinski definition) is 3. The molecule has 1 aromatic heterocycles. The summed E-state index contributed by atoms with van der Waals surface area (Å²) >= 11 is 0. The van der Waals surface area contributed by atoms with E-state index in [4.69, 9.17) is 0 Å². The molecule has 2 aliphatic heterocycles. The van der Waals surface area contributed by atoms with E-state index in [1.165, 1.54) is 6.42 Å². The van der Waals surface area contributed by atoms with Gasteiger partial charge in [-0.25, -0.2) is 8.42 Å². The van der Waals surface area contributed by atoms with Crippen molar-refractivity contribution >= 4 is 10.0 Å². The number of sulfonamides is 1. The zero-order valence-electron chi connectivity index (χ0n) is 9.59. The Labute approximate surface area is 101 Å². The molecule has 2 N–H and O–H groups in total. The van der Waals surface area contributed by atoms with E-state index < -0.39 is 10.0 Å². The van der Waals surface area contributed by atoms with Crippen LogP contribution in [0, 0.1) is 0 Å². The van der Waals surface area contributed by atoms with Crippen LogP contribution in [0.15, 0.2) is 23.4 Å². The number of fused-ring (bicyclic) bond motifs is 2. The number of aromatic nitrogens is 1. The van der Waals surface area contributed by atoms with Gasteiger partial charge >= 0.3 is 0 Å². The van der Waals surface area contributed by atoms with E-state index in [0.717, 1.165) is 12.8 Å². The Bertz CT molecular complexity index is 483. The van der Waals surface area contributed by atoms with Crippen LogP contribution in [0.2, 0.25) is 0 Å². The summed E-state index contributed by atoms with van der Waals surface area (Å²) in [5.41, 5.74) is 0. The van der Waals surface area contributed by atoms with Crippen molar-refractivity contribution in [2.24, 2.45) is 0 Å². The lowest BCUT2D eigenvalue weighted by atomic mass is 10.1. The molecule has 2 unspecified atom stereocenters. The predicted octanol–water partition coefficient (Wildman–Crippen LogP) is 0.530. The normalized spacial score (nSPS) is 30.4. The van der Waals surface area contributed by atoms with Crippen molar-refractivity contribution in [3.05, 3.63) is 18.5 Å². The van der Waals surface area contributed by atoms with E-state index in [1.54, 1.807) is 22.8 Å². The molecule has 3 heterocycles. The minimum atomic E-state index is -3.30. The highest BCUT2D eigenvalue weighted by atomic mass is 32.2. The van der Waals surface area contributed by atoms with Gasteiger partial charge in [0.05, 0.1) is 4.90 Å². The Morgan fingerprint density at radius 1 is 1.24 bits per heavy atom. The monoisotopic (exact) mass is 255 g/mol. The Kier molecular flexibility index (Phi) is 2.72. The summed E-state index contributed by atoms with van der Waals surface area (Å²) in [7, 11) is -3.30. The van der Waals surface area contributed by atoms with Crippen molar-refractivity contribution in [2.45, 2.75) is 36.2 Å². The molecule has 3 rings (SSSR count). The minimum absolute atomic E-state index is 0.330. The summed E-state index contributed by atoms with van der Waals surface area (Å²) in [5.74, 6) is 0. The Hall–Kier alpha value is -0.850. The number of nitrogens with zero attached hydrogens (tertiary/aromatic N) is 1. The fraction of sp³-hybridized carbons (Fsp3) is 0.636. The fourth-order valence-corrected chi connectivity index (χ4v) is 4.22. The standard InChI is InChI=1S/C11H17N3O2S/c15-17(16,11-3-5-12-7-11)14-6-4-9-1-2-10(8-14)13-9/h3,5,7,9-10,12-13H,1-2,4,6,8H2. The molecule has 0 radical (unpaired) electrons. The molecule has 2 fully saturated rings. The summed E-state index contributed by atoms with van der Waals surface area (Å²) in [6.45, 7) is 1.23. The lowest BCUT2D eigenvalue weighted by Crippen LogP contribution is -2.38. The van der Waals surface area contributed by atoms with Crippen molar-refractivity contribution in [2.75, 3.05) is 13.1 Å². The highest BCUT2D eigenvalue weighted by Gasteiger charge is 2.34. The smallest absolute Gasteiger partial charge is 0.244 e. The number of nitrogens with one attached hydrogen (secondary N) is 2. The Morgan fingerprint density at radius 3 is 2.82 bits per heavy atom. The first kappa shape index (κ1) is 11.3. The van der Waals surface area contributed by atoms with E-state index in [2.05, 4.69) is 10.3 Å². The van der Waals surface area contributed by atoms with E-state index in [-0.39, 0.29) is 0 Å². The molecule has 6 heteroatoms. The van der Waals surface area contributed by atoms with Crippen LogP contribution in [0.25, 0.3) is 0 Å². The van der Waals surface area contributed by atoms with Crippen LogP contribution >= 0.6 is 0 Å². The van der Waals surface area contributed by atoms with Gasteiger partial charge in [0.15, 0.2) is 0 Å². The molecule has 1 aromatic rings. The number of rotatable bonds is 2. The van der Waals surface area contributed by atoms with Gasteiger partial charge in [0.1, 0.15) is 0 Å². The van der Waals surface area contributed by atoms with Crippen molar-refractivity contribution < 1.29 is 8.42 Å². The largest absolute Gasteiger partial charge is 0.366 e. The van der Waals surface area contributed by atoms with Gasteiger partial charge in [-0.15, -0.1) is 0 Å². The van der Waals surface area contributed by atoms with Crippen LogP contribution in [0.3, 0.4) is 0 Å². The molecule has 0 aliphatic carbocycles. The van der Waals surface area contributed by atoms with Gasteiger partial charge < -0.3 is 10.3 Å². The zero-order chi connectivity index (χ0) is 11.9. The Balaban J connectivity index is 1.85. The minimum Gasteiger partial charge on any atom is -0.366 e. The van der Waals surface area contributed by atoms with E-state index >= 15 is 0 Å². The first-order valence-corrected chi connectivity index (χ1v) is 7.49. The fourth-order valence-electron chi connectivity index (χ4n) is 2.75. The second-order valence-corrected chi connectivity index (χ2v) is 6.77. The van der Waals surface area contributed by atoms with Crippen LogP contribution in [0.4, 0.5) is 0 Å². The molecule has 17 heavy (non-hydrogen) atoms. The molecule has 2 bridgehead atoms. The Morgan fingerprint density at radius 2 is 2.06 bits per heavy atom. The lowest BCUT2D eigenvalue weighted by Gasteiger charge is -2.22. The van der Waals surface area contributed by atoms with Crippen LogP contribution in [0.5, 0.6) is 0 Å². The highest BCUT2D eigenvalue weighted by molar-refractivity contribution is 7.89. The molecule has 2 atom stereocenters. The third-order valence-electron chi connectivity index (χ3n) is 3.69. The molecule has 94 valence electrons. The van der Waals surface area contributed by atoms with Gasteiger partial charge in [-0.1, -0.05) is 0 Å². The first-order chi connectivity index (χ1) is 8.16. The van der Waals surface area contributed by atoms with E-state index in [9.17, 15) is 8.42 Å². The average Bonchev–Trinajstić information content (AvgIpc) is 2.87. The van der Waals surface area contributed by atoms with Gasteiger partial charge in [0.2, 0.25) is 10.0 Å². The SMILES string of the molecule is O=S(=O)(c1cc[nH]c1)N1CCC2CCC(C1)N2. The molecule has 0 aromatic carbocycles. The molecule has 0 spiro atoms. The van der Waals surface area contributed by atoms with Crippen molar-refractivity contribution in [1.82, 2.24) is 14.6 Å². The molecule has 5 nitrogen and oxygen atoms in total. The van der Waals surface area contributed by atoms with E-state index in [0.29, 0.717) is 30.1 Å². The van der Waals surface area contributed by atoms with Gasteiger partial charge in [-0.05, 0) is 25.3 Å². The maximum atomic E-state index is 12.4. The average molecular weight is 255 g/mol. The van der Waals surface area contributed by atoms with Crippen LogP contribution in [0.1, 0.15) is 19.3 Å². The van der Waals surface area contributed by atoms with Crippen molar-refractivity contribution in [3.63, 3.8) is 0 Å². The first-order valence-electron chi connectivity index (χ1n) is 6.05. The van der Waals surface area contributed by atoms with Gasteiger partial charge in [-0.3, -0.25) is 0 Å². The summed E-state index contributed by atoms with van der Waals surface area (Å²) in [6.07, 6.45) is 6.38. The molecule has 0 amide bonds. The number of hydrogen-bond donors (Lipinski definition) is 2. The van der Waals surface area contributed by atoms with E-state index in [1.807, 2.05) is 0 Å². The molecule has 2 aliphatic rings. The predicted molar refractivity (Wildman–Crippen MR) is 64.1 cm³/mol. The quantitative estimate of drug-likeness (QED) is 0.810. The van der Waals surface area contributed by atoms with Gasteiger partial charge in [-0.2, -0.15) is 4.31 Å². The molecule has 0 saturated carbocycles. The third-order valence-corrected chi connectivity index (χ3v) is 5.55. The highest BCUT2D eigenvalue weighted by Crippen LogP contribution is 2.24.